The number of amides is 2. The summed E-state index contributed by atoms with van der Waals surface area (Å²) < 4.78 is 27.6. The second-order valence-corrected chi connectivity index (χ2v) is 11.7. The van der Waals surface area contributed by atoms with Crippen molar-refractivity contribution in [2.45, 2.75) is 66.6 Å². The molecular weight excluding hydrogens is 408 g/mol. The van der Waals surface area contributed by atoms with E-state index in [0.29, 0.717) is 0 Å². The minimum absolute atomic E-state index is 0.0241. The van der Waals surface area contributed by atoms with Crippen LogP contribution < -0.4 is 0 Å². The summed E-state index contributed by atoms with van der Waals surface area (Å²) in [4.78, 5) is 29.1. The molecule has 8 heteroatoms. The molecule has 0 spiro atoms. The highest BCUT2D eigenvalue weighted by Gasteiger charge is 2.72. The predicted octanol–water partition coefficient (Wildman–Crippen LogP) is 2.89. The molecule has 3 aliphatic heterocycles. The number of hydrogen-bond donors (Lipinski definition) is 0. The van der Waals surface area contributed by atoms with Crippen LogP contribution in [0.2, 0.25) is 0 Å². The van der Waals surface area contributed by atoms with Gasteiger partial charge in [0.2, 0.25) is 11.8 Å². The number of nitrogens with zero attached hydrogens (tertiary/aromatic N) is 2. The molecule has 6 nitrogen and oxygen atoms in total. The van der Waals surface area contributed by atoms with Crippen molar-refractivity contribution in [3.63, 3.8) is 0 Å². The highest BCUT2D eigenvalue weighted by molar-refractivity contribution is 8.01. The first-order valence-corrected chi connectivity index (χ1v) is 12.9. The number of fused-ring (bicyclic) bond motifs is 3. The highest BCUT2D eigenvalue weighted by Crippen LogP contribution is 2.57. The summed E-state index contributed by atoms with van der Waals surface area (Å²) in [5.41, 5.74) is -1.34. The van der Waals surface area contributed by atoms with Gasteiger partial charge >= 0.3 is 0 Å². The largest absolute Gasteiger partial charge is 0.312 e. The number of piperidine rings is 2. The van der Waals surface area contributed by atoms with E-state index >= 15 is 0 Å². The Bertz CT molecular complexity index is 929. The average molecular weight is 437 g/mol. The summed E-state index contributed by atoms with van der Waals surface area (Å²) >= 11 is 1.31. The van der Waals surface area contributed by atoms with E-state index in [1.165, 1.54) is 11.8 Å². The SMILES string of the molecule is CS[C@]12[C@@H](S(=O)(=O)c3ccccc3)C[C@](C)(C(=O)N1C)C(=O)N2C1CCCCC1. The molecule has 1 aromatic carbocycles. The number of carbonyl (C=O) groups excluding carboxylic acids is 2. The van der Waals surface area contributed by atoms with Crippen molar-refractivity contribution in [1.29, 1.82) is 0 Å². The molecular formula is C21H28N2O4S2. The van der Waals surface area contributed by atoms with Gasteiger partial charge in [0.25, 0.3) is 0 Å². The standard InChI is InChI=1S/C21H28N2O4S2/c1-20-14-17(29(26,27)16-12-8-5-9-13-16)21(28-3,22(2)18(20)24)23(19(20)25)15-10-6-4-7-11-15/h5,8-9,12-13,15,17H,4,6-7,10-11,14H2,1-3H3/t17-,20+,21+/m0/s1. The Morgan fingerprint density at radius 2 is 1.66 bits per heavy atom. The molecule has 29 heavy (non-hydrogen) atoms. The summed E-state index contributed by atoms with van der Waals surface area (Å²) in [6.45, 7) is 1.63. The fourth-order valence-electron chi connectivity index (χ4n) is 5.45. The smallest absolute Gasteiger partial charge is 0.240 e. The number of thioether (sulfide) groups is 1. The monoisotopic (exact) mass is 436 g/mol. The van der Waals surface area contributed by atoms with Crippen LogP contribution in [0, 0.1) is 5.41 Å². The first-order valence-electron chi connectivity index (χ1n) is 10.2. The van der Waals surface area contributed by atoms with E-state index in [9.17, 15) is 18.0 Å². The van der Waals surface area contributed by atoms with Crippen LogP contribution in [0.3, 0.4) is 0 Å². The Balaban J connectivity index is 1.91. The third kappa shape index (κ3) is 2.71. The van der Waals surface area contributed by atoms with E-state index in [0.717, 1.165) is 32.1 Å². The number of benzene rings is 1. The van der Waals surface area contributed by atoms with Crippen LogP contribution in [-0.4, -0.2) is 59.6 Å². The lowest BCUT2D eigenvalue weighted by molar-refractivity contribution is -0.192. The molecule has 158 valence electrons. The van der Waals surface area contributed by atoms with E-state index in [2.05, 4.69) is 0 Å². The summed E-state index contributed by atoms with van der Waals surface area (Å²) in [5, 5.41) is -0.875. The maximum absolute atomic E-state index is 13.8. The maximum atomic E-state index is 13.8. The Morgan fingerprint density at radius 1 is 1.03 bits per heavy atom. The molecule has 0 radical (unpaired) electrons. The molecule has 3 heterocycles. The first-order chi connectivity index (χ1) is 13.7. The molecule has 5 rings (SSSR count). The topological polar surface area (TPSA) is 74.8 Å². The van der Waals surface area contributed by atoms with E-state index in [4.69, 9.17) is 0 Å². The van der Waals surface area contributed by atoms with E-state index < -0.39 is 25.5 Å². The Labute approximate surface area is 176 Å². The zero-order chi connectivity index (χ0) is 21.0. The molecule has 2 bridgehead atoms. The van der Waals surface area contributed by atoms with E-state index in [1.807, 2.05) is 6.26 Å². The van der Waals surface area contributed by atoms with Crippen molar-refractivity contribution >= 4 is 33.4 Å². The molecule has 0 unspecified atom stereocenters. The molecule has 1 saturated carbocycles. The summed E-state index contributed by atoms with van der Waals surface area (Å²) in [6, 6.07) is 8.36. The Kier molecular flexibility index (Phi) is 5.01. The molecule has 3 saturated heterocycles. The van der Waals surface area contributed by atoms with Crippen molar-refractivity contribution in [1.82, 2.24) is 9.80 Å². The van der Waals surface area contributed by atoms with Crippen molar-refractivity contribution < 1.29 is 18.0 Å². The van der Waals surface area contributed by atoms with Crippen LogP contribution in [0.1, 0.15) is 45.4 Å². The van der Waals surface area contributed by atoms with Gasteiger partial charge in [0.1, 0.15) is 10.7 Å². The first kappa shape index (κ1) is 20.7. The van der Waals surface area contributed by atoms with Gasteiger partial charge in [0, 0.05) is 13.1 Å². The van der Waals surface area contributed by atoms with Gasteiger partial charge < -0.3 is 9.80 Å². The summed E-state index contributed by atoms with van der Waals surface area (Å²) in [5.74, 6) is -0.482. The molecule has 0 aromatic heterocycles. The number of hydrogen-bond acceptors (Lipinski definition) is 5. The summed E-state index contributed by atoms with van der Waals surface area (Å²) in [6.07, 6.45) is 6.70. The number of carbonyl (C=O) groups is 2. The lowest BCUT2D eigenvalue weighted by Crippen LogP contribution is -2.82. The lowest BCUT2D eigenvalue weighted by atomic mass is 9.72. The summed E-state index contributed by atoms with van der Waals surface area (Å²) in [7, 11) is -2.10. The van der Waals surface area contributed by atoms with Gasteiger partial charge in [-0.2, -0.15) is 0 Å². The minimum Gasteiger partial charge on any atom is -0.312 e. The normalized spacial score (nSPS) is 33.4. The van der Waals surface area contributed by atoms with Crippen molar-refractivity contribution in [2.75, 3.05) is 13.3 Å². The Morgan fingerprint density at radius 3 is 2.24 bits per heavy atom. The van der Waals surface area contributed by atoms with Gasteiger partial charge in [0.15, 0.2) is 14.8 Å². The highest BCUT2D eigenvalue weighted by atomic mass is 32.2. The van der Waals surface area contributed by atoms with Crippen LogP contribution in [-0.2, 0) is 19.4 Å². The van der Waals surface area contributed by atoms with Crippen LogP contribution in [0.15, 0.2) is 35.2 Å². The van der Waals surface area contributed by atoms with E-state index in [-0.39, 0.29) is 29.2 Å². The molecule has 3 atom stereocenters. The van der Waals surface area contributed by atoms with Gasteiger partial charge in [-0.1, -0.05) is 37.5 Å². The van der Waals surface area contributed by atoms with Crippen molar-refractivity contribution in [3.05, 3.63) is 30.3 Å². The van der Waals surface area contributed by atoms with Gasteiger partial charge in [0.05, 0.1) is 4.90 Å². The molecule has 1 aliphatic carbocycles. The molecule has 2 amide bonds. The second-order valence-electron chi connectivity index (χ2n) is 8.58. The predicted molar refractivity (Wildman–Crippen MR) is 113 cm³/mol. The molecule has 4 fully saturated rings. The lowest BCUT2D eigenvalue weighted by Gasteiger charge is -2.65. The molecule has 0 N–H and O–H groups in total. The zero-order valence-corrected chi connectivity index (χ0v) is 18.8. The van der Waals surface area contributed by atoms with Crippen molar-refractivity contribution in [2.24, 2.45) is 5.41 Å². The van der Waals surface area contributed by atoms with Gasteiger partial charge in [-0.25, -0.2) is 8.42 Å². The average Bonchev–Trinajstić information content (AvgIpc) is 2.74. The fraction of sp³-hybridized carbons (Fsp3) is 0.619. The van der Waals surface area contributed by atoms with Crippen LogP contribution in [0.4, 0.5) is 0 Å². The van der Waals surface area contributed by atoms with Crippen molar-refractivity contribution in [3.8, 4) is 0 Å². The van der Waals surface area contributed by atoms with Gasteiger partial charge in [-0.3, -0.25) is 9.59 Å². The number of sulfone groups is 1. The molecule has 1 aromatic rings. The third-order valence-electron chi connectivity index (χ3n) is 6.99. The quantitative estimate of drug-likeness (QED) is 0.679. The Hall–Kier alpha value is -1.54. The fourth-order valence-corrected chi connectivity index (χ4v) is 9.34. The minimum atomic E-state index is -3.76. The molecule has 4 aliphatic rings. The third-order valence-corrected chi connectivity index (χ3v) is 10.7. The van der Waals surface area contributed by atoms with Crippen LogP contribution in [0.25, 0.3) is 0 Å². The second kappa shape index (κ2) is 7.01. The van der Waals surface area contributed by atoms with Gasteiger partial charge in [-0.05, 0) is 44.6 Å². The van der Waals surface area contributed by atoms with Crippen LogP contribution in [0.5, 0.6) is 0 Å². The van der Waals surface area contributed by atoms with Crippen LogP contribution >= 0.6 is 11.8 Å². The zero-order valence-electron chi connectivity index (χ0n) is 17.1. The maximum Gasteiger partial charge on any atom is 0.240 e. The van der Waals surface area contributed by atoms with Gasteiger partial charge in [-0.15, -0.1) is 11.8 Å². The van der Waals surface area contributed by atoms with E-state index in [1.54, 1.807) is 54.1 Å². The number of rotatable bonds is 4.